The summed E-state index contributed by atoms with van der Waals surface area (Å²) in [5, 5.41) is 0. The number of carbonyl (C=O) groups excluding carboxylic acids is 2. The molecule has 0 aromatic carbocycles. The highest BCUT2D eigenvalue weighted by atomic mass is 16.5. The average Bonchev–Trinajstić information content (AvgIpc) is 2.92. The van der Waals surface area contributed by atoms with Gasteiger partial charge in [-0.1, -0.05) is 35.5 Å². The van der Waals surface area contributed by atoms with Gasteiger partial charge >= 0.3 is 11.9 Å². The van der Waals surface area contributed by atoms with Crippen molar-refractivity contribution in [3.63, 3.8) is 0 Å². The Kier molecular flexibility index (Phi) is 3.43. The Morgan fingerprint density at radius 3 is 2.35 bits per heavy atom. The molecule has 4 nitrogen and oxygen atoms in total. The topological polar surface area (TPSA) is 52.6 Å². The molecule has 23 heavy (non-hydrogen) atoms. The molecule has 0 N–H and O–H groups in total. The first kappa shape index (κ1) is 15.5. The van der Waals surface area contributed by atoms with Gasteiger partial charge in [-0.05, 0) is 31.9 Å². The third-order valence-electron chi connectivity index (χ3n) is 5.01. The minimum absolute atomic E-state index is 0.233. The smallest absolute Gasteiger partial charge is 0.335 e. The molecule has 0 saturated heterocycles. The summed E-state index contributed by atoms with van der Waals surface area (Å²) >= 11 is 0. The second-order valence-corrected chi connectivity index (χ2v) is 6.23. The van der Waals surface area contributed by atoms with Gasteiger partial charge in [0.15, 0.2) is 0 Å². The van der Waals surface area contributed by atoms with Crippen LogP contribution < -0.4 is 0 Å². The zero-order valence-electron chi connectivity index (χ0n) is 14.0. The maximum absolute atomic E-state index is 12.5. The molecule has 2 bridgehead atoms. The number of hydrogen-bond donors (Lipinski definition) is 0. The van der Waals surface area contributed by atoms with Gasteiger partial charge in [-0.3, -0.25) is 0 Å². The van der Waals surface area contributed by atoms with E-state index >= 15 is 0 Å². The van der Waals surface area contributed by atoms with Crippen molar-refractivity contribution >= 4 is 11.9 Å². The number of allylic oxidation sites excluding steroid dienone is 8. The van der Waals surface area contributed by atoms with Crippen LogP contribution in [0.1, 0.15) is 20.8 Å². The Morgan fingerprint density at radius 2 is 1.74 bits per heavy atom. The van der Waals surface area contributed by atoms with E-state index in [0.717, 1.165) is 22.3 Å². The van der Waals surface area contributed by atoms with Gasteiger partial charge in [0.1, 0.15) is 0 Å². The largest absolute Gasteiger partial charge is 0.466 e. The van der Waals surface area contributed by atoms with Gasteiger partial charge in [0.05, 0.1) is 30.8 Å². The van der Waals surface area contributed by atoms with E-state index in [1.54, 1.807) is 0 Å². The first-order valence-electron chi connectivity index (χ1n) is 7.57. The van der Waals surface area contributed by atoms with Crippen molar-refractivity contribution in [2.24, 2.45) is 11.3 Å². The zero-order valence-corrected chi connectivity index (χ0v) is 14.0. The molecule has 2 unspecified atom stereocenters. The summed E-state index contributed by atoms with van der Waals surface area (Å²) in [6.07, 6.45) is 8.15. The molecule has 0 aromatic heterocycles. The Balaban J connectivity index is 2.36. The van der Waals surface area contributed by atoms with Crippen LogP contribution >= 0.6 is 0 Å². The van der Waals surface area contributed by atoms with Crippen molar-refractivity contribution in [3.8, 4) is 0 Å². The molecule has 3 aliphatic carbocycles. The van der Waals surface area contributed by atoms with Crippen molar-refractivity contribution in [1.29, 1.82) is 0 Å². The van der Waals surface area contributed by atoms with Gasteiger partial charge in [-0.2, -0.15) is 0 Å². The minimum atomic E-state index is -0.695. The predicted octanol–water partition coefficient (Wildman–Crippen LogP) is 3.04. The van der Waals surface area contributed by atoms with Gasteiger partial charge in [-0.25, -0.2) is 9.59 Å². The SMILES string of the molecule is COC(=O)C1=C(C(=O)OC)C23C=CC(C)=CC(C)=C2C1C=C3C. The first-order chi connectivity index (χ1) is 10.9. The fourth-order valence-electron chi connectivity index (χ4n) is 4.15. The summed E-state index contributed by atoms with van der Waals surface area (Å²) in [4.78, 5) is 24.9. The fourth-order valence-corrected chi connectivity index (χ4v) is 4.15. The van der Waals surface area contributed by atoms with Gasteiger partial charge in [0.2, 0.25) is 0 Å². The molecule has 2 atom stereocenters. The number of rotatable bonds is 2. The second kappa shape index (κ2) is 5.08. The van der Waals surface area contributed by atoms with Crippen molar-refractivity contribution in [3.05, 3.63) is 57.7 Å². The molecular weight excluding hydrogens is 292 g/mol. The van der Waals surface area contributed by atoms with Crippen molar-refractivity contribution in [1.82, 2.24) is 0 Å². The third kappa shape index (κ3) is 1.84. The molecule has 0 heterocycles. The molecule has 3 rings (SSSR count). The predicted molar refractivity (Wildman–Crippen MR) is 86.3 cm³/mol. The van der Waals surface area contributed by atoms with Crippen molar-refractivity contribution < 1.29 is 19.1 Å². The van der Waals surface area contributed by atoms with Crippen LogP contribution in [0.25, 0.3) is 0 Å². The van der Waals surface area contributed by atoms with Gasteiger partial charge in [0.25, 0.3) is 0 Å². The quantitative estimate of drug-likeness (QED) is 0.581. The fraction of sp³-hybridized carbons (Fsp3) is 0.368. The van der Waals surface area contributed by atoms with Crippen LogP contribution in [-0.4, -0.2) is 26.2 Å². The molecule has 0 fully saturated rings. The summed E-state index contributed by atoms with van der Waals surface area (Å²) in [7, 11) is 2.67. The molecule has 0 aromatic rings. The maximum atomic E-state index is 12.5. The van der Waals surface area contributed by atoms with E-state index < -0.39 is 17.4 Å². The van der Waals surface area contributed by atoms with Gasteiger partial charge < -0.3 is 9.47 Å². The number of ether oxygens (including phenoxy) is 2. The second-order valence-electron chi connectivity index (χ2n) is 6.23. The summed E-state index contributed by atoms with van der Waals surface area (Å²) in [6, 6.07) is 0. The van der Waals surface area contributed by atoms with E-state index in [-0.39, 0.29) is 5.92 Å². The van der Waals surface area contributed by atoms with Crippen molar-refractivity contribution in [2.75, 3.05) is 14.2 Å². The average molecular weight is 312 g/mol. The molecule has 0 aliphatic heterocycles. The van der Waals surface area contributed by atoms with E-state index in [0.29, 0.717) is 11.1 Å². The number of methoxy groups -OCH3 is 2. The molecule has 4 heteroatoms. The van der Waals surface area contributed by atoms with E-state index in [1.807, 2.05) is 32.9 Å². The van der Waals surface area contributed by atoms with E-state index in [1.165, 1.54) is 14.2 Å². The van der Waals surface area contributed by atoms with E-state index in [9.17, 15) is 9.59 Å². The van der Waals surface area contributed by atoms with Crippen LogP contribution in [0.3, 0.4) is 0 Å². The lowest BCUT2D eigenvalue weighted by Gasteiger charge is -2.29. The van der Waals surface area contributed by atoms with E-state index in [4.69, 9.17) is 9.47 Å². The Morgan fingerprint density at radius 1 is 1.09 bits per heavy atom. The highest BCUT2D eigenvalue weighted by Gasteiger charge is 2.58. The third-order valence-corrected chi connectivity index (χ3v) is 5.01. The molecule has 120 valence electrons. The zero-order chi connectivity index (χ0) is 16.9. The highest BCUT2D eigenvalue weighted by molar-refractivity contribution is 6.07. The van der Waals surface area contributed by atoms with E-state index in [2.05, 4.69) is 12.2 Å². The first-order valence-corrected chi connectivity index (χ1v) is 7.57. The molecule has 0 saturated carbocycles. The monoisotopic (exact) mass is 312 g/mol. The lowest BCUT2D eigenvalue weighted by molar-refractivity contribution is -0.139. The lowest BCUT2D eigenvalue weighted by Crippen LogP contribution is -2.27. The molecule has 0 amide bonds. The lowest BCUT2D eigenvalue weighted by atomic mass is 9.73. The Hall–Kier alpha value is -2.36. The number of carbonyl (C=O) groups is 2. The van der Waals surface area contributed by atoms with Gasteiger partial charge in [0, 0.05) is 5.92 Å². The maximum Gasteiger partial charge on any atom is 0.335 e. The van der Waals surface area contributed by atoms with Crippen molar-refractivity contribution in [2.45, 2.75) is 20.8 Å². The van der Waals surface area contributed by atoms with Crippen LogP contribution in [-0.2, 0) is 19.1 Å². The summed E-state index contributed by atoms with van der Waals surface area (Å²) in [6.45, 7) is 6.04. The van der Waals surface area contributed by atoms with Crippen LogP contribution in [0.4, 0.5) is 0 Å². The van der Waals surface area contributed by atoms with Crippen LogP contribution in [0.15, 0.2) is 57.7 Å². The normalized spacial score (nSPS) is 28.3. The minimum Gasteiger partial charge on any atom is -0.466 e. The van der Waals surface area contributed by atoms with Crippen LogP contribution in [0.2, 0.25) is 0 Å². The van der Waals surface area contributed by atoms with Crippen LogP contribution in [0.5, 0.6) is 0 Å². The summed E-state index contributed by atoms with van der Waals surface area (Å²) < 4.78 is 9.94. The Labute approximate surface area is 135 Å². The molecular formula is C19H20O4. The van der Waals surface area contributed by atoms with Crippen LogP contribution in [0, 0.1) is 11.3 Å². The molecule has 3 aliphatic rings. The molecule has 0 spiro atoms. The Bertz CT molecular complexity index is 773. The standard InChI is InChI=1S/C19H20O4/c1-10-6-7-19-12(3)9-13(15(19)11(2)8-10)14(17(20)22-4)16(19)18(21)23-5/h6-9,13H,1-5H3. The summed E-state index contributed by atoms with van der Waals surface area (Å²) in [5.74, 6) is -1.18. The summed E-state index contributed by atoms with van der Waals surface area (Å²) in [5.41, 5.74) is 4.39. The molecule has 0 radical (unpaired) electrons. The number of hydrogen-bond acceptors (Lipinski definition) is 4. The number of esters is 2. The van der Waals surface area contributed by atoms with Gasteiger partial charge in [-0.15, -0.1) is 0 Å². The highest BCUT2D eigenvalue weighted by Crippen LogP contribution is 2.63.